The quantitative estimate of drug-likeness (QED) is 0.845. The largest absolute Gasteiger partial charge is 0.351 e. The van der Waals surface area contributed by atoms with Crippen LogP contribution in [0.15, 0.2) is 6.07 Å². The zero-order chi connectivity index (χ0) is 13.1. The van der Waals surface area contributed by atoms with Gasteiger partial charge in [-0.2, -0.15) is 0 Å². The molecule has 1 fully saturated rings. The molecule has 2 rings (SSSR count). The van der Waals surface area contributed by atoms with Crippen LogP contribution < -0.4 is 5.32 Å². The van der Waals surface area contributed by atoms with Crippen molar-refractivity contribution in [3.8, 4) is 0 Å². The van der Waals surface area contributed by atoms with Crippen molar-refractivity contribution >= 4 is 17.5 Å². The van der Waals surface area contributed by atoms with Crippen LogP contribution in [-0.4, -0.2) is 21.9 Å². The maximum Gasteiger partial charge on any atom is 0.223 e. The normalized spacial score (nSPS) is 23.6. The minimum atomic E-state index is 0.430. The van der Waals surface area contributed by atoms with E-state index in [0.29, 0.717) is 17.9 Å². The van der Waals surface area contributed by atoms with Gasteiger partial charge >= 0.3 is 0 Å². The van der Waals surface area contributed by atoms with E-state index in [4.69, 9.17) is 11.6 Å². The first kappa shape index (κ1) is 13.6. The van der Waals surface area contributed by atoms with Gasteiger partial charge in [0.05, 0.1) is 0 Å². The molecule has 2 atom stereocenters. The second-order valence-corrected chi connectivity index (χ2v) is 5.82. The Balaban J connectivity index is 2.13. The van der Waals surface area contributed by atoms with Gasteiger partial charge in [0.25, 0.3) is 0 Å². The van der Waals surface area contributed by atoms with Crippen molar-refractivity contribution in [2.45, 2.75) is 52.0 Å². The highest BCUT2D eigenvalue weighted by Gasteiger charge is 2.27. The Labute approximate surface area is 114 Å². The number of alkyl halides is 1. The fraction of sp³-hybridized carbons (Fsp3) is 0.714. The fourth-order valence-electron chi connectivity index (χ4n) is 2.53. The molecule has 0 bridgehead atoms. The number of rotatable bonds is 4. The summed E-state index contributed by atoms with van der Waals surface area (Å²) >= 11 is 6.00. The molecule has 1 aromatic rings. The molecule has 1 aromatic heterocycles. The molecule has 100 valence electrons. The van der Waals surface area contributed by atoms with Gasteiger partial charge in [-0.3, -0.25) is 0 Å². The van der Waals surface area contributed by atoms with Crippen LogP contribution in [0.25, 0.3) is 0 Å². The molecule has 0 amide bonds. The van der Waals surface area contributed by atoms with Crippen LogP contribution in [0, 0.1) is 12.8 Å². The smallest absolute Gasteiger partial charge is 0.223 e. The van der Waals surface area contributed by atoms with E-state index in [2.05, 4.69) is 35.2 Å². The lowest BCUT2D eigenvalue weighted by Crippen LogP contribution is -2.26. The molecule has 0 aromatic carbocycles. The van der Waals surface area contributed by atoms with Crippen molar-refractivity contribution in [3.63, 3.8) is 0 Å². The highest BCUT2D eigenvalue weighted by molar-refractivity contribution is 6.18. The lowest BCUT2D eigenvalue weighted by atomic mass is 10.1. The molecule has 0 spiro atoms. The Morgan fingerprint density at radius 1 is 1.39 bits per heavy atom. The summed E-state index contributed by atoms with van der Waals surface area (Å²) in [4.78, 5) is 9.08. The molecule has 1 heterocycles. The summed E-state index contributed by atoms with van der Waals surface area (Å²) in [6, 6.07) is 2.49. The number of nitrogens with zero attached hydrogens (tertiary/aromatic N) is 2. The minimum absolute atomic E-state index is 0.430. The van der Waals surface area contributed by atoms with E-state index >= 15 is 0 Å². The summed E-state index contributed by atoms with van der Waals surface area (Å²) in [6.45, 7) is 6.33. The number of anilines is 1. The van der Waals surface area contributed by atoms with Gasteiger partial charge in [-0.05, 0) is 37.7 Å². The summed E-state index contributed by atoms with van der Waals surface area (Å²) in [5.41, 5.74) is 2.13. The highest BCUT2D eigenvalue weighted by atomic mass is 35.5. The Kier molecular flexibility index (Phi) is 4.44. The third-order valence-corrected chi connectivity index (χ3v) is 4.03. The molecule has 0 aliphatic heterocycles. The fourth-order valence-corrected chi connectivity index (χ4v) is 2.90. The maximum atomic E-state index is 6.00. The Morgan fingerprint density at radius 3 is 2.83 bits per heavy atom. The second kappa shape index (κ2) is 5.87. The highest BCUT2D eigenvalue weighted by Crippen LogP contribution is 2.29. The van der Waals surface area contributed by atoms with Crippen LogP contribution in [-0.2, 0) is 0 Å². The zero-order valence-corrected chi connectivity index (χ0v) is 12.2. The average molecular weight is 268 g/mol. The van der Waals surface area contributed by atoms with E-state index in [1.54, 1.807) is 0 Å². The summed E-state index contributed by atoms with van der Waals surface area (Å²) in [5.74, 6) is 2.47. The van der Waals surface area contributed by atoms with Crippen LogP contribution in [0.1, 0.15) is 50.4 Å². The average Bonchev–Trinajstić information content (AvgIpc) is 2.75. The first-order chi connectivity index (χ1) is 8.60. The van der Waals surface area contributed by atoms with Gasteiger partial charge in [-0.15, -0.1) is 11.6 Å². The number of halogens is 1. The summed E-state index contributed by atoms with van der Waals surface area (Å²) in [7, 11) is 0. The summed E-state index contributed by atoms with van der Waals surface area (Å²) in [6.07, 6.45) is 3.63. The number of hydrogen-bond acceptors (Lipinski definition) is 3. The van der Waals surface area contributed by atoms with E-state index in [0.717, 1.165) is 23.2 Å². The van der Waals surface area contributed by atoms with Crippen LogP contribution in [0.4, 0.5) is 5.95 Å². The van der Waals surface area contributed by atoms with Crippen molar-refractivity contribution in [2.24, 2.45) is 5.92 Å². The van der Waals surface area contributed by atoms with Crippen molar-refractivity contribution in [2.75, 3.05) is 11.2 Å². The predicted molar refractivity (Wildman–Crippen MR) is 76.3 cm³/mol. The number of aromatic nitrogens is 2. The van der Waals surface area contributed by atoms with Gasteiger partial charge in [0, 0.05) is 23.3 Å². The maximum absolute atomic E-state index is 6.00. The molecular formula is C14H22ClN3. The topological polar surface area (TPSA) is 37.8 Å². The van der Waals surface area contributed by atoms with E-state index in [9.17, 15) is 0 Å². The van der Waals surface area contributed by atoms with Crippen LogP contribution in [0.2, 0.25) is 0 Å². The molecule has 0 saturated heterocycles. The third kappa shape index (κ3) is 3.14. The Morgan fingerprint density at radius 2 is 2.17 bits per heavy atom. The predicted octanol–water partition coefficient (Wildman–Crippen LogP) is 3.73. The summed E-state index contributed by atoms with van der Waals surface area (Å²) in [5, 5.41) is 3.47. The lowest BCUT2D eigenvalue weighted by molar-refractivity contribution is 0.558. The van der Waals surface area contributed by atoms with Crippen molar-refractivity contribution in [3.05, 3.63) is 17.5 Å². The Hall–Kier alpha value is -0.830. The monoisotopic (exact) mass is 267 g/mol. The van der Waals surface area contributed by atoms with Gasteiger partial charge in [0.1, 0.15) is 0 Å². The first-order valence-electron chi connectivity index (χ1n) is 6.78. The molecule has 0 radical (unpaired) electrons. The standard InChI is InChI=1S/C14H22ClN3/c1-9(2)13-7-10(3)16-14(18-13)17-12-6-4-5-11(12)8-15/h7,9,11-12H,4-6,8H2,1-3H3,(H,16,17,18). The first-order valence-corrected chi connectivity index (χ1v) is 7.31. The number of nitrogens with one attached hydrogen (secondary N) is 1. The SMILES string of the molecule is Cc1cc(C(C)C)nc(NC2CCCC2CCl)n1. The Bertz CT molecular complexity index is 406. The number of hydrogen-bond donors (Lipinski definition) is 1. The van der Waals surface area contributed by atoms with Crippen LogP contribution in [0.3, 0.4) is 0 Å². The van der Waals surface area contributed by atoms with Crippen molar-refractivity contribution in [1.29, 1.82) is 0 Å². The molecule has 1 N–H and O–H groups in total. The van der Waals surface area contributed by atoms with Crippen LogP contribution >= 0.6 is 11.6 Å². The van der Waals surface area contributed by atoms with Crippen molar-refractivity contribution < 1.29 is 0 Å². The molecule has 2 unspecified atom stereocenters. The van der Waals surface area contributed by atoms with Gasteiger partial charge in [0.2, 0.25) is 5.95 Å². The minimum Gasteiger partial charge on any atom is -0.351 e. The molecule has 1 aliphatic carbocycles. The molecule has 3 nitrogen and oxygen atoms in total. The van der Waals surface area contributed by atoms with Gasteiger partial charge in [-0.25, -0.2) is 9.97 Å². The van der Waals surface area contributed by atoms with Crippen LogP contribution in [0.5, 0.6) is 0 Å². The molecule has 1 saturated carbocycles. The summed E-state index contributed by atoms with van der Waals surface area (Å²) < 4.78 is 0. The van der Waals surface area contributed by atoms with E-state index in [1.807, 2.05) is 6.92 Å². The van der Waals surface area contributed by atoms with Gasteiger partial charge in [0.15, 0.2) is 0 Å². The molecular weight excluding hydrogens is 246 g/mol. The van der Waals surface area contributed by atoms with Gasteiger partial charge < -0.3 is 5.32 Å². The third-order valence-electron chi connectivity index (χ3n) is 3.64. The van der Waals surface area contributed by atoms with E-state index < -0.39 is 0 Å². The molecule has 1 aliphatic rings. The van der Waals surface area contributed by atoms with E-state index in [1.165, 1.54) is 19.3 Å². The molecule has 4 heteroatoms. The second-order valence-electron chi connectivity index (χ2n) is 5.51. The zero-order valence-electron chi connectivity index (χ0n) is 11.4. The van der Waals surface area contributed by atoms with Crippen molar-refractivity contribution in [1.82, 2.24) is 9.97 Å². The lowest BCUT2D eigenvalue weighted by Gasteiger charge is -2.19. The number of aryl methyl sites for hydroxylation is 1. The van der Waals surface area contributed by atoms with E-state index in [-0.39, 0.29) is 0 Å². The molecule has 18 heavy (non-hydrogen) atoms. The van der Waals surface area contributed by atoms with Gasteiger partial charge in [-0.1, -0.05) is 20.3 Å².